The molecule has 0 radical (unpaired) electrons. The highest BCUT2D eigenvalue weighted by atomic mass is 79.9. The first-order chi connectivity index (χ1) is 13.1. The van der Waals surface area contributed by atoms with Crippen molar-refractivity contribution in [3.05, 3.63) is 63.6 Å². The van der Waals surface area contributed by atoms with Gasteiger partial charge in [-0.2, -0.15) is 0 Å². The van der Waals surface area contributed by atoms with Gasteiger partial charge in [0, 0.05) is 29.2 Å². The fourth-order valence-electron chi connectivity index (χ4n) is 2.73. The Morgan fingerprint density at radius 2 is 1.75 bits per heavy atom. The number of halogens is 1. The summed E-state index contributed by atoms with van der Waals surface area (Å²) in [5, 5.41) is 2.69. The second kappa shape index (κ2) is 9.24. The molecule has 0 aliphatic heterocycles. The van der Waals surface area contributed by atoms with Crippen molar-refractivity contribution in [1.82, 2.24) is 10.2 Å². The molecule has 2 rings (SSSR count). The molecule has 5 nitrogen and oxygen atoms in total. The molecular formula is C22H27BrN2O3. The molecule has 28 heavy (non-hydrogen) atoms. The molecule has 0 aromatic heterocycles. The smallest absolute Gasteiger partial charge is 0.251 e. The highest BCUT2D eigenvalue weighted by molar-refractivity contribution is 9.10. The van der Waals surface area contributed by atoms with Crippen molar-refractivity contribution in [2.45, 2.75) is 32.7 Å². The number of ether oxygens (including phenoxy) is 1. The van der Waals surface area contributed by atoms with Gasteiger partial charge in [0.15, 0.2) is 0 Å². The number of carbonyl (C=O) groups is 2. The van der Waals surface area contributed by atoms with Crippen LogP contribution in [0.3, 0.4) is 0 Å². The minimum Gasteiger partial charge on any atom is -0.496 e. The van der Waals surface area contributed by atoms with Gasteiger partial charge in [-0.1, -0.05) is 48.8 Å². The van der Waals surface area contributed by atoms with E-state index in [2.05, 4.69) is 42.0 Å². The van der Waals surface area contributed by atoms with Gasteiger partial charge >= 0.3 is 0 Å². The van der Waals surface area contributed by atoms with Crippen LogP contribution in [-0.4, -0.2) is 37.4 Å². The molecule has 1 N–H and O–H groups in total. The summed E-state index contributed by atoms with van der Waals surface area (Å²) in [4.78, 5) is 26.3. The molecule has 0 saturated heterocycles. The van der Waals surface area contributed by atoms with Gasteiger partial charge in [0.2, 0.25) is 5.91 Å². The van der Waals surface area contributed by atoms with E-state index in [0.29, 0.717) is 17.9 Å². The number of likely N-dealkylation sites (N-methyl/N-ethyl adjacent to an activating group) is 1. The molecule has 0 fully saturated rings. The maximum atomic E-state index is 12.4. The highest BCUT2D eigenvalue weighted by Crippen LogP contribution is 2.24. The van der Waals surface area contributed by atoms with Crippen LogP contribution in [-0.2, 0) is 16.8 Å². The third-order valence-corrected chi connectivity index (χ3v) is 4.98. The average Bonchev–Trinajstić information content (AvgIpc) is 2.65. The van der Waals surface area contributed by atoms with Crippen LogP contribution in [0.4, 0.5) is 0 Å². The van der Waals surface area contributed by atoms with E-state index in [9.17, 15) is 9.59 Å². The fraction of sp³-hybridized carbons (Fsp3) is 0.364. The van der Waals surface area contributed by atoms with E-state index in [1.165, 1.54) is 0 Å². The molecule has 0 heterocycles. The summed E-state index contributed by atoms with van der Waals surface area (Å²) >= 11 is 3.43. The second-order valence-corrected chi connectivity index (χ2v) is 8.63. The Labute approximate surface area is 175 Å². The maximum absolute atomic E-state index is 12.4. The van der Waals surface area contributed by atoms with Crippen molar-refractivity contribution < 1.29 is 14.3 Å². The molecule has 0 aliphatic carbocycles. The summed E-state index contributed by atoms with van der Waals surface area (Å²) in [6.07, 6.45) is 0. The van der Waals surface area contributed by atoms with Crippen molar-refractivity contribution in [1.29, 1.82) is 0 Å². The van der Waals surface area contributed by atoms with Gasteiger partial charge in [0.25, 0.3) is 5.91 Å². The van der Waals surface area contributed by atoms with Crippen LogP contribution >= 0.6 is 15.9 Å². The van der Waals surface area contributed by atoms with Gasteiger partial charge < -0.3 is 15.0 Å². The minimum atomic E-state index is -0.262. The molecule has 6 heteroatoms. The van der Waals surface area contributed by atoms with Crippen LogP contribution in [0.25, 0.3) is 0 Å². The number of nitrogens with zero attached hydrogens (tertiary/aromatic N) is 1. The minimum absolute atomic E-state index is 0.0289. The lowest BCUT2D eigenvalue weighted by atomic mass is 9.87. The Morgan fingerprint density at radius 1 is 1.11 bits per heavy atom. The molecule has 0 unspecified atom stereocenters. The molecule has 150 valence electrons. The van der Waals surface area contributed by atoms with Crippen LogP contribution in [0, 0.1) is 0 Å². The van der Waals surface area contributed by atoms with E-state index < -0.39 is 0 Å². The number of benzene rings is 2. The first kappa shape index (κ1) is 22.0. The zero-order valence-electron chi connectivity index (χ0n) is 17.0. The molecule has 0 spiro atoms. The van der Waals surface area contributed by atoms with Gasteiger partial charge in [-0.05, 0) is 41.3 Å². The Hall–Kier alpha value is -2.34. The quantitative estimate of drug-likeness (QED) is 0.724. The van der Waals surface area contributed by atoms with Crippen molar-refractivity contribution in [2.24, 2.45) is 0 Å². The van der Waals surface area contributed by atoms with E-state index in [4.69, 9.17) is 4.74 Å². The number of nitrogens with one attached hydrogen (secondary N) is 1. The number of hydrogen-bond donors (Lipinski definition) is 1. The summed E-state index contributed by atoms with van der Waals surface area (Å²) in [5.41, 5.74) is 2.61. The number of rotatable bonds is 6. The fourth-order valence-corrected chi connectivity index (χ4v) is 3.14. The Bertz CT molecular complexity index is 842. The maximum Gasteiger partial charge on any atom is 0.251 e. The number of methoxy groups -OCH3 is 1. The van der Waals surface area contributed by atoms with Crippen LogP contribution < -0.4 is 10.1 Å². The number of amides is 2. The van der Waals surface area contributed by atoms with Gasteiger partial charge in [-0.15, -0.1) is 0 Å². The third-order valence-electron chi connectivity index (χ3n) is 4.49. The Balaban J connectivity index is 1.94. The number of hydrogen-bond acceptors (Lipinski definition) is 3. The normalized spacial score (nSPS) is 11.1. The van der Waals surface area contributed by atoms with Gasteiger partial charge in [0.1, 0.15) is 5.75 Å². The molecule has 0 saturated carbocycles. The van der Waals surface area contributed by atoms with E-state index in [-0.39, 0.29) is 23.8 Å². The van der Waals surface area contributed by atoms with Crippen LogP contribution in [0.2, 0.25) is 0 Å². The van der Waals surface area contributed by atoms with E-state index in [1.54, 1.807) is 31.2 Å². The molecule has 0 atom stereocenters. The average molecular weight is 447 g/mol. The Morgan fingerprint density at radius 3 is 2.32 bits per heavy atom. The van der Waals surface area contributed by atoms with Gasteiger partial charge in [0.05, 0.1) is 13.7 Å². The summed E-state index contributed by atoms with van der Waals surface area (Å²) < 4.78 is 6.26. The predicted octanol–water partition coefficient (Wildman–Crippen LogP) is 4.14. The lowest BCUT2D eigenvalue weighted by Crippen LogP contribution is -2.37. The van der Waals surface area contributed by atoms with Crippen molar-refractivity contribution in [2.75, 3.05) is 20.7 Å². The zero-order chi connectivity index (χ0) is 20.9. The van der Waals surface area contributed by atoms with Crippen LogP contribution in [0.1, 0.15) is 42.3 Å². The summed E-state index contributed by atoms with van der Waals surface area (Å²) in [7, 11) is 3.30. The van der Waals surface area contributed by atoms with E-state index in [0.717, 1.165) is 15.6 Å². The topological polar surface area (TPSA) is 58.6 Å². The molecule has 2 aromatic rings. The van der Waals surface area contributed by atoms with Crippen LogP contribution in [0.5, 0.6) is 5.75 Å². The predicted molar refractivity (Wildman–Crippen MR) is 115 cm³/mol. The summed E-state index contributed by atoms with van der Waals surface area (Å²) in [6, 6.07) is 13.1. The monoisotopic (exact) mass is 446 g/mol. The first-order valence-corrected chi connectivity index (χ1v) is 9.86. The summed E-state index contributed by atoms with van der Waals surface area (Å²) in [6.45, 7) is 6.69. The van der Waals surface area contributed by atoms with Crippen molar-refractivity contribution >= 4 is 27.7 Å². The standard InChI is InChI=1S/C22H27BrN2O3/c1-22(2,3)17-8-6-15(7-9-17)21(27)24-13-20(26)25(4)14-16-12-18(23)10-11-19(16)28-5/h6-12H,13-14H2,1-5H3,(H,24,27). The molecule has 0 aliphatic rings. The Kier molecular flexibility index (Phi) is 7.24. The van der Waals surface area contributed by atoms with Gasteiger partial charge in [-0.25, -0.2) is 0 Å². The molecule has 2 aromatic carbocycles. The van der Waals surface area contributed by atoms with Gasteiger partial charge in [-0.3, -0.25) is 9.59 Å². The molecule has 0 bridgehead atoms. The lowest BCUT2D eigenvalue weighted by molar-refractivity contribution is -0.129. The van der Waals surface area contributed by atoms with E-state index >= 15 is 0 Å². The third kappa shape index (κ3) is 5.83. The van der Waals surface area contributed by atoms with Crippen LogP contribution in [0.15, 0.2) is 46.9 Å². The SMILES string of the molecule is COc1ccc(Br)cc1CN(C)C(=O)CNC(=O)c1ccc(C(C)(C)C)cc1. The van der Waals surface area contributed by atoms with Crippen molar-refractivity contribution in [3.8, 4) is 5.75 Å². The largest absolute Gasteiger partial charge is 0.496 e. The first-order valence-electron chi connectivity index (χ1n) is 9.07. The summed E-state index contributed by atoms with van der Waals surface area (Å²) in [5.74, 6) is 0.273. The zero-order valence-corrected chi connectivity index (χ0v) is 18.6. The second-order valence-electron chi connectivity index (χ2n) is 7.72. The van der Waals surface area contributed by atoms with Crippen molar-refractivity contribution in [3.63, 3.8) is 0 Å². The molecule has 2 amide bonds. The lowest BCUT2D eigenvalue weighted by Gasteiger charge is -2.20. The number of carbonyl (C=O) groups excluding carboxylic acids is 2. The molecular weight excluding hydrogens is 420 g/mol. The van der Waals surface area contributed by atoms with E-state index in [1.807, 2.05) is 30.3 Å². The highest BCUT2D eigenvalue weighted by Gasteiger charge is 2.16.